The third-order valence-electron chi connectivity index (χ3n) is 5.37. The number of unbranched alkanes of at least 4 members (excludes halogenated alkanes) is 1. The van der Waals surface area contributed by atoms with E-state index in [0.717, 1.165) is 18.3 Å². The van der Waals surface area contributed by atoms with Gasteiger partial charge in [-0.05, 0) is 32.0 Å². The molecule has 4 atom stereocenters. The summed E-state index contributed by atoms with van der Waals surface area (Å²) in [5.41, 5.74) is 4.26. The maximum absolute atomic E-state index is 14.8. The van der Waals surface area contributed by atoms with Gasteiger partial charge in [0.05, 0.1) is 12.7 Å². The second-order valence-electron chi connectivity index (χ2n) is 8.00. The van der Waals surface area contributed by atoms with Crippen molar-refractivity contribution in [3.63, 3.8) is 0 Å². The van der Waals surface area contributed by atoms with Crippen molar-refractivity contribution >= 4 is 31.0 Å². The maximum atomic E-state index is 14.8. The Bertz CT molecular complexity index is 1200. The lowest BCUT2D eigenvalue weighted by molar-refractivity contribution is -0.402. The number of rotatable bonds is 13. The van der Waals surface area contributed by atoms with Crippen LogP contribution in [-0.2, 0) is 25.0 Å². The van der Waals surface area contributed by atoms with Gasteiger partial charge in [0.15, 0.2) is 6.10 Å². The van der Waals surface area contributed by atoms with E-state index in [1.165, 1.54) is 17.8 Å². The number of nitrogen functional groups attached to an aromatic ring is 1. The van der Waals surface area contributed by atoms with Crippen LogP contribution in [-0.4, -0.2) is 68.5 Å². The van der Waals surface area contributed by atoms with E-state index in [2.05, 4.69) is 4.98 Å². The summed E-state index contributed by atoms with van der Waals surface area (Å²) in [6, 6.07) is 3.42. The van der Waals surface area contributed by atoms with E-state index < -0.39 is 61.8 Å². The second kappa shape index (κ2) is 11.9. The van der Waals surface area contributed by atoms with Crippen molar-refractivity contribution in [1.82, 2.24) is 14.2 Å². The molecule has 1 fully saturated rings. The molecule has 0 bridgehead atoms. The summed E-state index contributed by atoms with van der Waals surface area (Å²) in [7, 11) is -2.84. The number of ether oxygens (including phenoxy) is 1. The standard InChI is InChI=1S/C19H25ClF2N5O9P/c1-25(8-3-2-7-20)37(32,33-10-12-4-5-15(35-12)27(30)31)34-11-13-16(28)19(21,22)17(36-13)26-9-6-14(23)24-18(26)29/h4-6,9,13,16-17,28H,2-3,7-8,10-11H2,1H3,(H2,23,24,29). The zero-order chi connectivity index (χ0) is 27.4. The average molecular weight is 572 g/mol. The van der Waals surface area contributed by atoms with E-state index in [1.807, 2.05) is 0 Å². The van der Waals surface area contributed by atoms with E-state index in [-0.39, 0.29) is 18.1 Å². The number of anilines is 1. The summed E-state index contributed by atoms with van der Waals surface area (Å²) in [5, 5.41) is 21.0. The zero-order valence-electron chi connectivity index (χ0n) is 19.4. The Morgan fingerprint density at radius 3 is 2.73 bits per heavy atom. The number of halogens is 3. The van der Waals surface area contributed by atoms with Crippen LogP contribution in [0.2, 0.25) is 0 Å². The van der Waals surface area contributed by atoms with Gasteiger partial charge in [-0.3, -0.25) is 23.7 Å². The van der Waals surface area contributed by atoms with Gasteiger partial charge in [-0.1, -0.05) is 0 Å². The van der Waals surface area contributed by atoms with Gasteiger partial charge in [-0.2, -0.15) is 13.8 Å². The Morgan fingerprint density at radius 1 is 1.38 bits per heavy atom. The zero-order valence-corrected chi connectivity index (χ0v) is 21.1. The maximum Gasteiger partial charge on any atom is 0.433 e. The minimum atomic E-state index is -4.23. The normalized spacial score (nSPS) is 22.8. The van der Waals surface area contributed by atoms with Crippen LogP contribution in [0.3, 0.4) is 0 Å². The Balaban J connectivity index is 1.75. The molecule has 37 heavy (non-hydrogen) atoms. The van der Waals surface area contributed by atoms with E-state index in [1.54, 1.807) is 0 Å². The molecule has 3 rings (SSSR count). The van der Waals surface area contributed by atoms with E-state index >= 15 is 0 Å². The molecule has 1 aliphatic rings. The van der Waals surface area contributed by atoms with Crippen molar-refractivity contribution in [1.29, 1.82) is 0 Å². The molecule has 0 aromatic carbocycles. The molecular weight excluding hydrogens is 547 g/mol. The summed E-state index contributed by atoms with van der Waals surface area (Å²) in [5.74, 6) is -4.40. The highest BCUT2D eigenvalue weighted by Gasteiger charge is 2.60. The quantitative estimate of drug-likeness (QED) is 0.118. The minimum absolute atomic E-state index is 0.0383. The van der Waals surface area contributed by atoms with Gasteiger partial charge >= 0.3 is 25.2 Å². The van der Waals surface area contributed by atoms with Crippen molar-refractivity contribution in [3.05, 3.63) is 50.8 Å². The number of hydrogen-bond acceptors (Lipinski definition) is 11. The monoisotopic (exact) mass is 571 g/mol. The summed E-state index contributed by atoms with van der Waals surface area (Å²) in [6.07, 6.45) is -4.40. The van der Waals surface area contributed by atoms with Crippen molar-refractivity contribution in [3.8, 4) is 0 Å². The topological polar surface area (TPSA) is 185 Å². The molecule has 4 unspecified atom stereocenters. The first-order valence-electron chi connectivity index (χ1n) is 10.8. The molecule has 0 amide bonds. The second-order valence-corrected chi connectivity index (χ2v) is 10.5. The predicted molar refractivity (Wildman–Crippen MR) is 124 cm³/mol. The first-order valence-corrected chi connectivity index (χ1v) is 12.9. The van der Waals surface area contributed by atoms with Crippen LogP contribution in [0.4, 0.5) is 20.5 Å². The third-order valence-corrected chi connectivity index (χ3v) is 7.60. The number of aliphatic hydroxyl groups is 1. The van der Waals surface area contributed by atoms with Crippen LogP contribution in [0.25, 0.3) is 0 Å². The molecule has 2 aromatic rings. The number of aromatic nitrogens is 2. The predicted octanol–water partition coefficient (Wildman–Crippen LogP) is 2.51. The van der Waals surface area contributed by atoms with Gasteiger partial charge in [0, 0.05) is 18.6 Å². The average Bonchev–Trinajstić information content (AvgIpc) is 3.40. The van der Waals surface area contributed by atoms with E-state index in [9.17, 15) is 33.4 Å². The van der Waals surface area contributed by atoms with E-state index in [0.29, 0.717) is 23.3 Å². The number of aliphatic hydroxyl groups excluding tert-OH is 1. The highest BCUT2D eigenvalue weighted by atomic mass is 35.5. The molecule has 0 saturated carbocycles. The van der Waals surface area contributed by atoms with Crippen LogP contribution < -0.4 is 11.4 Å². The minimum Gasteiger partial charge on any atom is -0.403 e. The van der Waals surface area contributed by atoms with Crippen molar-refractivity contribution in [2.24, 2.45) is 0 Å². The SMILES string of the molecule is CN(CCCCCl)P(=O)(OCc1ccc([N+](=O)[O-])o1)OCC1OC(n2ccc(N)nc2=O)C(F)(F)C1O. The van der Waals surface area contributed by atoms with Crippen LogP contribution in [0.5, 0.6) is 0 Å². The fourth-order valence-corrected chi connectivity index (χ4v) is 5.03. The first kappa shape index (κ1) is 29.1. The molecule has 0 radical (unpaired) electrons. The largest absolute Gasteiger partial charge is 0.433 e. The smallest absolute Gasteiger partial charge is 0.403 e. The number of hydrogen-bond donors (Lipinski definition) is 2. The van der Waals surface area contributed by atoms with Crippen LogP contribution >= 0.6 is 19.3 Å². The Labute approximate surface area is 213 Å². The number of alkyl halides is 3. The van der Waals surface area contributed by atoms with Crippen molar-refractivity contribution < 1.29 is 41.6 Å². The summed E-state index contributed by atoms with van der Waals surface area (Å²) >= 11 is 5.67. The molecule has 3 heterocycles. The molecule has 2 aromatic heterocycles. The summed E-state index contributed by atoms with van der Waals surface area (Å²) in [4.78, 5) is 25.5. The van der Waals surface area contributed by atoms with Crippen LogP contribution in [0, 0.1) is 10.1 Å². The fourth-order valence-electron chi connectivity index (χ4n) is 3.36. The first-order chi connectivity index (χ1) is 17.4. The molecule has 206 valence electrons. The van der Waals surface area contributed by atoms with Crippen molar-refractivity contribution in [2.75, 3.05) is 31.8 Å². The lowest BCUT2D eigenvalue weighted by Crippen LogP contribution is -2.42. The number of nitro groups is 1. The molecule has 18 heteroatoms. The fraction of sp³-hybridized carbons (Fsp3) is 0.579. The third kappa shape index (κ3) is 6.71. The number of nitrogens with two attached hydrogens (primary N) is 1. The number of nitrogens with zero attached hydrogens (tertiary/aromatic N) is 4. The lowest BCUT2D eigenvalue weighted by Gasteiger charge is -2.28. The summed E-state index contributed by atoms with van der Waals surface area (Å²) in [6.45, 7) is -1.16. The molecule has 0 spiro atoms. The Morgan fingerprint density at radius 2 is 2.11 bits per heavy atom. The Kier molecular flexibility index (Phi) is 9.39. The highest BCUT2D eigenvalue weighted by molar-refractivity contribution is 7.51. The van der Waals surface area contributed by atoms with Crippen molar-refractivity contribution in [2.45, 2.75) is 43.8 Å². The van der Waals surface area contributed by atoms with Crippen LogP contribution in [0.15, 0.2) is 33.6 Å². The highest BCUT2D eigenvalue weighted by Crippen LogP contribution is 2.53. The van der Waals surface area contributed by atoms with Gasteiger partial charge in [0.1, 0.15) is 29.2 Å². The van der Waals surface area contributed by atoms with E-state index in [4.69, 9.17) is 35.5 Å². The summed E-state index contributed by atoms with van der Waals surface area (Å²) < 4.78 is 65.8. The Hall–Kier alpha value is -2.46. The number of furan rings is 1. The molecule has 1 saturated heterocycles. The van der Waals surface area contributed by atoms with Gasteiger partial charge < -0.3 is 20.0 Å². The van der Waals surface area contributed by atoms with Gasteiger partial charge in [0.2, 0.25) is 6.23 Å². The molecule has 14 nitrogen and oxygen atoms in total. The van der Waals surface area contributed by atoms with Gasteiger partial charge in [-0.25, -0.2) is 14.0 Å². The molecule has 0 aliphatic carbocycles. The molecule has 3 N–H and O–H groups in total. The molecular formula is C19H25ClF2N5O9P. The van der Waals surface area contributed by atoms with Gasteiger partial charge in [0.25, 0.3) is 0 Å². The molecule has 1 aliphatic heterocycles. The van der Waals surface area contributed by atoms with Gasteiger partial charge in [-0.15, -0.1) is 11.6 Å². The lowest BCUT2D eigenvalue weighted by atomic mass is 10.1. The van der Waals surface area contributed by atoms with Crippen LogP contribution in [0.1, 0.15) is 24.8 Å².